The van der Waals surface area contributed by atoms with Crippen LogP contribution in [0.5, 0.6) is 5.88 Å². The van der Waals surface area contributed by atoms with Gasteiger partial charge in [-0.3, -0.25) is 9.48 Å². The molecule has 176 valence electrons. The lowest BCUT2D eigenvalue weighted by Crippen LogP contribution is -2.27. The monoisotopic (exact) mass is 466 g/mol. The zero-order chi connectivity index (χ0) is 24.3. The minimum absolute atomic E-state index is 0.133. The molecule has 13 heteroatoms. The normalized spacial score (nSPS) is 10.7. The predicted octanol–water partition coefficient (Wildman–Crippen LogP) is 1.77. The Morgan fingerprint density at radius 2 is 1.94 bits per heavy atom. The number of ether oxygens (including phenoxy) is 1. The van der Waals surface area contributed by atoms with Crippen LogP contribution in [-0.2, 0) is 24.5 Å². The van der Waals surface area contributed by atoms with E-state index < -0.39 is 12.1 Å². The zero-order valence-electron chi connectivity index (χ0n) is 17.2. The number of benzene rings is 1. The fraction of sp³-hybridized carbons (Fsp3) is 0.250. The number of nitrogens with zero attached hydrogens (tertiary/aromatic N) is 4. The van der Waals surface area contributed by atoms with E-state index in [1.54, 1.807) is 29.1 Å². The quantitative estimate of drug-likeness (QED) is 0.456. The number of hydrogen-bond acceptors (Lipinski definition) is 7. The van der Waals surface area contributed by atoms with Crippen molar-refractivity contribution in [1.29, 1.82) is 0 Å². The molecule has 2 heterocycles. The number of rotatable bonds is 8. The number of carbonyl (C=O) groups excluding carboxylic acids is 1. The summed E-state index contributed by atoms with van der Waals surface area (Å²) in [7, 11) is 0. The van der Waals surface area contributed by atoms with Crippen LogP contribution in [0.4, 0.5) is 13.2 Å². The van der Waals surface area contributed by atoms with Crippen molar-refractivity contribution in [2.45, 2.75) is 25.9 Å². The molecule has 0 bridgehead atoms. The first-order valence-corrected chi connectivity index (χ1v) is 9.47. The van der Waals surface area contributed by atoms with Gasteiger partial charge in [-0.2, -0.15) is 18.3 Å². The van der Waals surface area contributed by atoms with Crippen LogP contribution in [0.25, 0.3) is 0 Å². The third-order valence-electron chi connectivity index (χ3n) is 3.91. The Bertz CT molecular complexity index is 1040. The van der Waals surface area contributed by atoms with Crippen molar-refractivity contribution in [3.05, 3.63) is 71.9 Å². The summed E-state index contributed by atoms with van der Waals surface area (Å²) in [4.78, 5) is 29.2. The van der Waals surface area contributed by atoms with E-state index in [9.17, 15) is 18.0 Å². The summed E-state index contributed by atoms with van der Waals surface area (Å²) in [5.74, 6) is -2.44. The Morgan fingerprint density at radius 3 is 2.58 bits per heavy atom. The van der Waals surface area contributed by atoms with Crippen molar-refractivity contribution in [2.24, 2.45) is 5.73 Å². The van der Waals surface area contributed by atoms with Crippen molar-refractivity contribution >= 4 is 11.9 Å². The molecule has 0 aliphatic carbocycles. The van der Waals surface area contributed by atoms with Gasteiger partial charge >= 0.3 is 12.1 Å². The van der Waals surface area contributed by atoms with E-state index in [2.05, 4.69) is 20.4 Å². The van der Waals surface area contributed by atoms with E-state index in [1.807, 2.05) is 24.4 Å². The lowest BCUT2D eigenvalue weighted by atomic mass is 10.1. The van der Waals surface area contributed by atoms with Gasteiger partial charge in [0.1, 0.15) is 12.9 Å². The van der Waals surface area contributed by atoms with Gasteiger partial charge in [0.2, 0.25) is 5.88 Å². The minimum atomic E-state index is -5.08. The molecule has 3 rings (SSSR count). The molecule has 0 saturated heterocycles. The largest absolute Gasteiger partial charge is 0.490 e. The van der Waals surface area contributed by atoms with E-state index in [4.69, 9.17) is 20.4 Å². The number of carbonyl (C=O) groups is 2. The van der Waals surface area contributed by atoms with E-state index in [0.717, 1.165) is 5.56 Å². The van der Waals surface area contributed by atoms with Crippen molar-refractivity contribution < 1.29 is 32.6 Å². The fourth-order valence-corrected chi connectivity index (χ4v) is 2.35. The molecule has 33 heavy (non-hydrogen) atoms. The van der Waals surface area contributed by atoms with E-state index in [-0.39, 0.29) is 5.91 Å². The molecule has 10 nitrogen and oxygen atoms in total. The summed E-state index contributed by atoms with van der Waals surface area (Å²) >= 11 is 0. The summed E-state index contributed by atoms with van der Waals surface area (Å²) < 4.78 is 39.2. The maximum absolute atomic E-state index is 12.3. The van der Waals surface area contributed by atoms with Gasteiger partial charge in [0.15, 0.2) is 0 Å². The molecule has 0 unspecified atom stereocenters. The van der Waals surface area contributed by atoms with Crippen molar-refractivity contribution in [3.63, 3.8) is 0 Å². The number of halogens is 3. The van der Waals surface area contributed by atoms with Gasteiger partial charge in [0.25, 0.3) is 5.91 Å². The molecule has 0 spiro atoms. The molecule has 4 N–H and O–H groups in total. The first-order chi connectivity index (χ1) is 15.7. The summed E-state index contributed by atoms with van der Waals surface area (Å²) in [6, 6.07) is 10.8. The highest BCUT2D eigenvalue weighted by Gasteiger charge is 2.38. The minimum Gasteiger partial charge on any atom is -0.475 e. The standard InChI is InChI=1S/C18H20N6O2.C2HF3O2/c19-11-16-10-17(22-13-21-16)26-12-14-3-1-4-15(9-14)18(25)20-6-8-24-7-2-5-23-24;3-2(4,5)1(6)7/h1-5,7,9-10,13H,6,8,11-12,19H2,(H,20,25);(H,6,7). The van der Waals surface area contributed by atoms with Crippen LogP contribution in [-0.4, -0.2) is 49.5 Å². The summed E-state index contributed by atoms with van der Waals surface area (Å²) in [5.41, 5.74) is 7.72. The Morgan fingerprint density at radius 1 is 1.18 bits per heavy atom. The molecule has 0 aliphatic rings. The van der Waals surface area contributed by atoms with Crippen LogP contribution < -0.4 is 15.8 Å². The van der Waals surface area contributed by atoms with Gasteiger partial charge in [-0.1, -0.05) is 12.1 Å². The van der Waals surface area contributed by atoms with Gasteiger partial charge in [-0.25, -0.2) is 14.8 Å². The molecular weight excluding hydrogens is 445 g/mol. The maximum atomic E-state index is 12.3. The average molecular weight is 466 g/mol. The van der Waals surface area contributed by atoms with E-state index in [1.165, 1.54) is 6.33 Å². The van der Waals surface area contributed by atoms with Crippen LogP contribution in [0.15, 0.2) is 55.1 Å². The maximum Gasteiger partial charge on any atom is 0.490 e. The van der Waals surface area contributed by atoms with Crippen molar-refractivity contribution in [2.75, 3.05) is 6.54 Å². The third kappa shape index (κ3) is 8.95. The van der Waals surface area contributed by atoms with Crippen molar-refractivity contribution in [3.8, 4) is 5.88 Å². The number of carboxylic acid groups (broad SMARTS) is 1. The number of nitrogens with two attached hydrogens (primary N) is 1. The van der Waals surface area contributed by atoms with Crippen molar-refractivity contribution in [1.82, 2.24) is 25.1 Å². The smallest absolute Gasteiger partial charge is 0.475 e. The second-order valence-electron chi connectivity index (χ2n) is 6.37. The van der Waals surface area contributed by atoms with E-state index in [0.29, 0.717) is 43.4 Å². The molecule has 0 atom stereocenters. The number of aliphatic carboxylic acids is 1. The Balaban J connectivity index is 0.000000479. The van der Waals surface area contributed by atoms with Crippen LogP contribution in [0.2, 0.25) is 0 Å². The predicted molar refractivity (Wildman–Crippen MR) is 109 cm³/mol. The molecule has 0 fully saturated rings. The second kappa shape index (κ2) is 12.1. The van der Waals surface area contributed by atoms with Gasteiger partial charge < -0.3 is 20.9 Å². The molecule has 2 aromatic heterocycles. The summed E-state index contributed by atoms with van der Waals surface area (Å²) in [5, 5.41) is 14.1. The number of alkyl halides is 3. The fourth-order valence-electron chi connectivity index (χ4n) is 2.35. The third-order valence-corrected chi connectivity index (χ3v) is 3.91. The lowest BCUT2D eigenvalue weighted by Gasteiger charge is -2.09. The lowest BCUT2D eigenvalue weighted by molar-refractivity contribution is -0.192. The topological polar surface area (TPSA) is 145 Å². The zero-order valence-corrected chi connectivity index (χ0v) is 17.2. The van der Waals surface area contributed by atoms with Gasteiger partial charge in [0.05, 0.1) is 12.2 Å². The highest BCUT2D eigenvalue weighted by Crippen LogP contribution is 2.13. The Kier molecular flexibility index (Phi) is 9.30. The first-order valence-electron chi connectivity index (χ1n) is 9.47. The number of carboxylic acids is 1. The SMILES string of the molecule is NCc1cc(OCc2cccc(C(=O)NCCn3cccn3)c2)ncn1.O=C(O)C(F)(F)F. The number of amides is 1. The van der Waals surface area contributed by atoms with Gasteiger partial charge in [-0.15, -0.1) is 0 Å². The number of aromatic nitrogens is 4. The summed E-state index contributed by atoms with van der Waals surface area (Å²) in [6.07, 6.45) is -0.103. The average Bonchev–Trinajstić information content (AvgIpc) is 3.31. The van der Waals surface area contributed by atoms with Gasteiger partial charge in [-0.05, 0) is 23.8 Å². The Hall–Kier alpha value is -4.00. The molecule has 0 radical (unpaired) electrons. The highest BCUT2D eigenvalue weighted by molar-refractivity contribution is 5.94. The van der Waals surface area contributed by atoms with Crippen LogP contribution in [0, 0.1) is 0 Å². The second-order valence-corrected chi connectivity index (χ2v) is 6.37. The molecule has 1 amide bonds. The molecule has 1 aromatic carbocycles. The molecule has 0 saturated carbocycles. The number of nitrogens with one attached hydrogen (secondary N) is 1. The molecule has 0 aliphatic heterocycles. The van der Waals surface area contributed by atoms with E-state index >= 15 is 0 Å². The number of hydrogen-bond donors (Lipinski definition) is 3. The highest BCUT2D eigenvalue weighted by atomic mass is 19.4. The first kappa shape index (κ1) is 25.3. The summed E-state index contributed by atoms with van der Waals surface area (Å²) in [6.45, 7) is 1.76. The molecule has 3 aromatic rings. The van der Waals surface area contributed by atoms with Crippen LogP contribution >= 0.6 is 0 Å². The van der Waals surface area contributed by atoms with Crippen LogP contribution in [0.1, 0.15) is 21.6 Å². The Labute approximate surface area is 186 Å². The molecular formula is C20H21F3N6O4. The van der Waals surface area contributed by atoms with Gasteiger partial charge in [0, 0.05) is 37.1 Å². The van der Waals surface area contributed by atoms with Crippen LogP contribution in [0.3, 0.4) is 0 Å².